The molecule has 0 aromatic heterocycles. The Kier molecular flexibility index (Phi) is 3.06. The van der Waals surface area contributed by atoms with Gasteiger partial charge in [0.25, 0.3) is 0 Å². The molecule has 0 aliphatic rings. The number of aromatic carboxylic acids is 1. The van der Waals surface area contributed by atoms with E-state index in [2.05, 4.69) is 0 Å². The van der Waals surface area contributed by atoms with Gasteiger partial charge in [0.05, 0.1) is 5.56 Å². The molecule has 0 heterocycles. The van der Waals surface area contributed by atoms with E-state index in [4.69, 9.17) is 11.7 Å². The Morgan fingerprint density at radius 1 is 0.941 bits per heavy atom. The molecule has 0 aliphatic carbocycles. The summed E-state index contributed by atoms with van der Waals surface area (Å²) in [4.78, 5) is 10.7. The fourth-order valence-corrected chi connectivity index (χ4v) is 1.59. The van der Waals surface area contributed by atoms with E-state index in [1.807, 2.05) is 24.3 Å². The molecule has 0 amide bonds. The summed E-state index contributed by atoms with van der Waals surface area (Å²) in [6.45, 7) is 5.40. The molecule has 2 rings (SSSR count). The maximum atomic E-state index is 10.7. The van der Waals surface area contributed by atoms with Crippen LogP contribution in [0.5, 0.6) is 0 Å². The molecule has 0 atom stereocenters. The zero-order chi connectivity index (χ0) is 12.3. The van der Waals surface area contributed by atoms with Crippen molar-refractivity contribution in [3.05, 3.63) is 66.2 Å². The van der Waals surface area contributed by atoms with Gasteiger partial charge in [0.15, 0.2) is 0 Å². The average molecular weight is 223 g/mol. The zero-order valence-electron chi connectivity index (χ0n) is 9.13. The van der Waals surface area contributed by atoms with Crippen LogP contribution in [0.3, 0.4) is 0 Å². The van der Waals surface area contributed by atoms with Gasteiger partial charge in [0.1, 0.15) is 0 Å². The number of carboxylic acids is 1. The van der Waals surface area contributed by atoms with Crippen LogP contribution in [0.4, 0.5) is 0 Å². The van der Waals surface area contributed by atoms with Crippen molar-refractivity contribution in [1.29, 1.82) is 0 Å². The van der Waals surface area contributed by atoms with Gasteiger partial charge in [-0.05, 0) is 28.8 Å². The van der Waals surface area contributed by atoms with Crippen molar-refractivity contribution in [2.45, 2.75) is 0 Å². The number of benzene rings is 2. The summed E-state index contributed by atoms with van der Waals surface area (Å²) in [5.74, 6) is -0.912. The van der Waals surface area contributed by atoms with Gasteiger partial charge >= 0.3 is 5.97 Å². The van der Waals surface area contributed by atoms with E-state index < -0.39 is 5.97 Å². The first kappa shape index (κ1) is 11.1. The normalized spacial score (nSPS) is 9.88. The van der Waals surface area contributed by atoms with Crippen LogP contribution in [0.2, 0.25) is 0 Å². The molecular weight excluding hydrogens is 212 g/mol. The third-order valence-electron chi connectivity index (χ3n) is 2.57. The van der Waals surface area contributed by atoms with Gasteiger partial charge in [0, 0.05) is 0 Å². The predicted octanol–water partition coefficient (Wildman–Crippen LogP) is 3.50. The van der Waals surface area contributed by atoms with Gasteiger partial charge < -0.3 is 5.11 Å². The molecule has 0 spiro atoms. The summed E-state index contributed by atoms with van der Waals surface area (Å²) >= 11 is 0. The summed E-state index contributed by atoms with van der Waals surface area (Å²) in [6.07, 6.45) is 1.54. The Bertz CT molecular complexity index is 536. The lowest BCUT2D eigenvalue weighted by Crippen LogP contribution is -1.94. The highest BCUT2D eigenvalue weighted by Crippen LogP contribution is 2.20. The van der Waals surface area contributed by atoms with E-state index in [9.17, 15) is 4.79 Å². The molecule has 0 unspecified atom stereocenters. The van der Waals surface area contributed by atoms with Crippen LogP contribution in [0.1, 0.15) is 15.9 Å². The molecule has 0 bridgehead atoms. The van der Waals surface area contributed by atoms with Crippen molar-refractivity contribution < 1.29 is 9.90 Å². The predicted molar refractivity (Wildman–Crippen MR) is 67.6 cm³/mol. The first-order valence-electron chi connectivity index (χ1n) is 5.19. The largest absolute Gasteiger partial charge is 0.478 e. The monoisotopic (exact) mass is 223 g/mol. The SMILES string of the molecule is [CH]=Cc1ccc(-c2ccc(C(=O)O)cc2)cc1. The summed E-state index contributed by atoms with van der Waals surface area (Å²) in [5.41, 5.74) is 3.27. The van der Waals surface area contributed by atoms with Gasteiger partial charge in [0.2, 0.25) is 0 Å². The highest BCUT2D eigenvalue weighted by atomic mass is 16.4. The van der Waals surface area contributed by atoms with E-state index in [1.165, 1.54) is 6.08 Å². The highest BCUT2D eigenvalue weighted by molar-refractivity contribution is 5.88. The minimum atomic E-state index is -0.912. The first-order valence-corrected chi connectivity index (χ1v) is 5.19. The van der Waals surface area contributed by atoms with Gasteiger partial charge in [-0.1, -0.05) is 49.1 Å². The number of rotatable bonds is 3. The quantitative estimate of drug-likeness (QED) is 0.864. The lowest BCUT2D eigenvalue weighted by molar-refractivity contribution is 0.0697. The molecule has 0 saturated carbocycles. The Labute approximate surface area is 99.8 Å². The Balaban J connectivity index is 2.32. The third-order valence-corrected chi connectivity index (χ3v) is 2.57. The van der Waals surface area contributed by atoms with Crippen molar-refractivity contribution in [3.63, 3.8) is 0 Å². The van der Waals surface area contributed by atoms with Gasteiger partial charge in [-0.15, -0.1) is 0 Å². The molecule has 0 fully saturated rings. The smallest absolute Gasteiger partial charge is 0.335 e. The highest BCUT2D eigenvalue weighted by Gasteiger charge is 2.02. The van der Waals surface area contributed by atoms with Crippen molar-refractivity contribution >= 4 is 12.0 Å². The molecule has 0 saturated heterocycles. The van der Waals surface area contributed by atoms with Gasteiger partial charge in [-0.2, -0.15) is 0 Å². The summed E-state index contributed by atoms with van der Waals surface area (Å²) < 4.78 is 0. The van der Waals surface area contributed by atoms with Crippen LogP contribution < -0.4 is 0 Å². The van der Waals surface area contributed by atoms with Crippen LogP contribution in [0.25, 0.3) is 17.2 Å². The van der Waals surface area contributed by atoms with Crippen LogP contribution in [-0.2, 0) is 0 Å². The van der Waals surface area contributed by atoms with E-state index in [-0.39, 0.29) is 0 Å². The maximum absolute atomic E-state index is 10.7. The Hall–Kier alpha value is -2.35. The van der Waals surface area contributed by atoms with Gasteiger partial charge in [-0.25, -0.2) is 4.79 Å². The minimum Gasteiger partial charge on any atom is -0.478 e. The molecule has 2 heteroatoms. The lowest BCUT2D eigenvalue weighted by atomic mass is 10.0. The van der Waals surface area contributed by atoms with Crippen molar-refractivity contribution in [2.75, 3.05) is 0 Å². The second kappa shape index (κ2) is 4.66. The standard InChI is InChI=1S/C15H11O2/c1-2-11-3-5-12(6-4-11)13-7-9-14(10-8-13)15(16)17/h1-10H,(H,16,17). The minimum absolute atomic E-state index is 0.292. The van der Waals surface area contributed by atoms with E-state index in [0.717, 1.165) is 16.7 Å². The van der Waals surface area contributed by atoms with E-state index >= 15 is 0 Å². The number of carboxylic acid groups (broad SMARTS) is 1. The lowest BCUT2D eigenvalue weighted by Gasteiger charge is -2.03. The molecule has 1 N–H and O–H groups in total. The molecule has 0 aliphatic heterocycles. The third kappa shape index (κ3) is 2.42. The molecule has 2 nitrogen and oxygen atoms in total. The maximum Gasteiger partial charge on any atom is 0.335 e. The second-order valence-corrected chi connectivity index (χ2v) is 3.67. The molecule has 83 valence electrons. The Morgan fingerprint density at radius 3 is 1.82 bits per heavy atom. The summed E-state index contributed by atoms with van der Waals surface area (Å²) in [5, 5.41) is 8.80. The fraction of sp³-hybridized carbons (Fsp3) is 0. The fourth-order valence-electron chi connectivity index (χ4n) is 1.59. The number of hydrogen-bond acceptors (Lipinski definition) is 1. The topological polar surface area (TPSA) is 37.3 Å². The van der Waals surface area contributed by atoms with Crippen LogP contribution in [0, 0.1) is 6.58 Å². The van der Waals surface area contributed by atoms with Gasteiger partial charge in [-0.3, -0.25) is 0 Å². The van der Waals surface area contributed by atoms with Crippen molar-refractivity contribution in [1.82, 2.24) is 0 Å². The van der Waals surface area contributed by atoms with Crippen molar-refractivity contribution in [2.24, 2.45) is 0 Å². The summed E-state index contributed by atoms with van der Waals surface area (Å²) in [7, 11) is 0. The molecule has 17 heavy (non-hydrogen) atoms. The molecule has 1 radical (unpaired) electrons. The first-order chi connectivity index (χ1) is 8.20. The van der Waals surface area contributed by atoms with E-state index in [0.29, 0.717) is 5.56 Å². The molecule has 2 aromatic rings. The molecular formula is C15H11O2. The second-order valence-electron chi connectivity index (χ2n) is 3.67. The number of carbonyl (C=O) groups is 1. The van der Waals surface area contributed by atoms with Crippen LogP contribution >= 0.6 is 0 Å². The van der Waals surface area contributed by atoms with E-state index in [1.54, 1.807) is 24.3 Å². The number of hydrogen-bond donors (Lipinski definition) is 1. The molecule has 2 aromatic carbocycles. The van der Waals surface area contributed by atoms with Crippen LogP contribution in [-0.4, -0.2) is 11.1 Å². The van der Waals surface area contributed by atoms with Crippen LogP contribution in [0.15, 0.2) is 48.5 Å². The van der Waals surface area contributed by atoms with Crippen molar-refractivity contribution in [3.8, 4) is 11.1 Å². The average Bonchev–Trinajstić information content (AvgIpc) is 2.39. The summed E-state index contributed by atoms with van der Waals surface area (Å²) in [6, 6.07) is 14.5. The Morgan fingerprint density at radius 2 is 1.41 bits per heavy atom. The zero-order valence-corrected chi connectivity index (χ0v) is 9.13.